The summed E-state index contributed by atoms with van der Waals surface area (Å²) >= 11 is 0. The van der Waals surface area contributed by atoms with Crippen LogP contribution in [0.3, 0.4) is 0 Å². The topological polar surface area (TPSA) is 57.2 Å². The number of rotatable bonds is 7. The lowest BCUT2D eigenvalue weighted by Gasteiger charge is -2.18. The number of aliphatic hydroxyl groups excluding tert-OH is 1. The minimum atomic E-state index is -0.852. The van der Waals surface area contributed by atoms with E-state index >= 15 is 0 Å². The Morgan fingerprint density at radius 2 is 1.45 bits per heavy atom. The van der Waals surface area contributed by atoms with Crippen LogP contribution in [0, 0.1) is 0 Å². The molecule has 0 aliphatic heterocycles. The van der Waals surface area contributed by atoms with Crippen LogP contribution in [-0.4, -0.2) is 33.0 Å². The predicted octanol–water partition coefficient (Wildman–Crippen LogP) is 2.82. The van der Waals surface area contributed by atoms with Gasteiger partial charge in [0.2, 0.25) is 0 Å². The SMILES string of the molecule is COc1ccccc1OCC(O)c1cccc(OC)c1OC. The first-order chi connectivity index (χ1) is 10.7. The summed E-state index contributed by atoms with van der Waals surface area (Å²) in [6.07, 6.45) is -0.852. The van der Waals surface area contributed by atoms with Crippen LogP contribution in [0.2, 0.25) is 0 Å². The maximum Gasteiger partial charge on any atom is 0.166 e. The van der Waals surface area contributed by atoms with Crippen LogP contribution in [0.5, 0.6) is 23.0 Å². The average Bonchev–Trinajstić information content (AvgIpc) is 2.58. The highest BCUT2D eigenvalue weighted by Gasteiger charge is 2.18. The van der Waals surface area contributed by atoms with Gasteiger partial charge in [0, 0.05) is 5.56 Å². The summed E-state index contributed by atoms with van der Waals surface area (Å²) in [6, 6.07) is 12.6. The van der Waals surface area contributed by atoms with Crippen molar-refractivity contribution < 1.29 is 24.1 Å². The van der Waals surface area contributed by atoms with E-state index in [9.17, 15) is 5.11 Å². The third kappa shape index (κ3) is 3.43. The van der Waals surface area contributed by atoms with Gasteiger partial charge >= 0.3 is 0 Å². The highest BCUT2D eigenvalue weighted by Crippen LogP contribution is 2.35. The molecule has 2 aromatic rings. The first kappa shape index (κ1) is 16.0. The van der Waals surface area contributed by atoms with Crippen LogP contribution in [0.25, 0.3) is 0 Å². The molecule has 1 unspecified atom stereocenters. The molecule has 5 heteroatoms. The molecule has 0 heterocycles. The van der Waals surface area contributed by atoms with Crippen molar-refractivity contribution in [1.29, 1.82) is 0 Å². The zero-order chi connectivity index (χ0) is 15.9. The Bertz CT molecular complexity index is 612. The Balaban J connectivity index is 2.14. The Morgan fingerprint density at radius 3 is 2.09 bits per heavy atom. The highest BCUT2D eigenvalue weighted by atomic mass is 16.5. The van der Waals surface area contributed by atoms with Gasteiger partial charge in [0.05, 0.1) is 21.3 Å². The molecule has 0 amide bonds. The van der Waals surface area contributed by atoms with Crippen molar-refractivity contribution in [2.75, 3.05) is 27.9 Å². The zero-order valence-corrected chi connectivity index (χ0v) is 12.9. The summed E-state index contributed by atoms with van der Waals surface area (Å²) in [6.45, 7) is 0.0733. The van der Waals surface area contributed by atoms with E-state index < -0.39 is 6.10 Å². The maximum atomic E-state index is 10.4. The van der Waals surface area contributed by atoms with Gasteiger partial charge < -0.3 is 24.1 Å². The van der Waals surface area contributed by atoms with E-state index in [4.69, 9.17) is 18.9 Å². The van der Waals surface area contributed by atoms with Gasteiger partial charge in [0.1, 0.15) is 12.7 Å². The highest BCUT2D eigenvalue weighted by molar-refractivity contribution is 5.47. The van der Waals surface area contributed by atoms with Crippen molar-refractivity contribution in [3.05, 3.63) is 48.0 Å². The Morgan fingerprint density at radius 1 is 0.818 bits per heavy atom. The quantitative estimate of drug-likeness (QED) is 0.852. The lowest BCUT2D eigenvalue weighted by Crippen LogP contribution is -2.11. The second-order valence-electron chi connectivity index (χ2n) is 4.56. The molecule has 5 nitrogen and oxygen atoms in total. The number of aliphatic hydroxyl groups is 1. The minimum Gasteiger partial charge on any atom is -0.493 e. The fraction of sp³-hybridized carbons (Fsp3) is 0.294. The molecule has 2 aromatic carbocycles. The molecular weight excluding hydrogens is 284 g/mol. The van der Waals surface area contributed by atoms with Crippen LogP contribution in [-0.2, 0) is 0 Å². The van der Waals surface area contributed by atoms with E-state index in [1.54, 1.807) is 44.6 Å². The molecular formula is C17H20O5. The lowest BCUT2D eigenvalue weighted by atomic mass is 10.1. The molecule has 0 aromatic heterocycles. The lowest BCUT2D eigenvalue weighted by molar-refractivity contribution is 0.103. The van der Waals surface area contributed by atoms with Crippen LogP contribution in [0.1, 0.15) is 11.7 Å². The second kappa shape index (κ2) is 7.56. The molecule has 0 fully saturated rings. The molecule has 22 heavy (non-hydrogen) atoms. The molecule has 2 rings (SSSR count). The zero-order valence-electron chi connectivity index (χ0n) is 12.9. The van der Waals surface area contributed by atoms with Crippen molar-refractivity contribution in [1.82, 2.24) is 0 Å². The number of benzene rings is 2. The minimum absolute atomic E-state index is 0.0733. The number of ether oxygens (including phenoxy) is 4. The summed E-state index contributed by atoms with van der Waals surface area (Å²) in [5.41, 5.74) is 0.608. The van der Waals surface area contributed by atoms with Crippen LogP contribution in [0.15, 0.2) is 42.5 Å². The molecule has 0 radical (unpaired) electrons. The number of para-hydroxylation sites is 3. The van der Waals surface area contributed by atoms with E-state index in [1.165, 1.54) is 7.11 Å². The van der Waals surface area contributed by atoms with Gasteiger partial charge in [0.25, 0.3) is 0 Å². The number of methoxy groups -OCH3 is 3. The van der Waals surface area contributed by atoms with Gasteiger partial charge in [-0.2, -0.15) is 0 Å². The van der Waals surface area contributed by atoms with E-state index in [1.807, 2.05) is 12.1 Å². The molecule has 0 aliphatic rings. The standard InChI is InChI=1S/C17H20O5/c1-19-14-8-4-5-9-15(14)22-11-13(18)12-7-6-10-16(20-2)17(12)21-3/h4-10,13,18H,11H2,1-3H3. The normalized spacial score (nSPS) is 11.6. The Hall–Kier alpha value is -2.40. The molecule has 118 valence electrons. The van der Waals surface area contributed by atoms with Gasteiger partial charge in [0.15, 0.2) is 23.0 Å². The number of hydrogen-bond donors (Lipinski definition) is 1. The van der Waals surface area contributed by atoms with Crippen molar-refractivity contribution in [2.24, 2.45) is 0 Å². The Kier molecular flexibility index (Phi) is 5.49. The fourth-order valence-corrected chi connectivity index (χ4v) is 2.17. The Labute approximate surface area is 130 Å². The average molecular weight is 304 g/mol. The summed E-state index contributed by atoms with van der Waals surface area (Å²) < 4.78 is 21.4. The van der Waals surface area contributed by atoms with Gasteiger partial charge in [-0.3, -0.25) is 0 Å². The first-order valence-electron chi connectivity index (χ1n) is 6.86. The van der Waals surface area contributed by atoms with E-state index in [0.29, 0.717) is 28.6 Å². The van der Waals surface area contributed by atoms with Crippen molar-refractivity contribution in [3.8, 4) is 23.0 Å². The van der Waals surface area contributed by atoms with Crippen molar-refractivity contribution >= 4 is 0 Å². The summed E-state index contributed by atoms with van der Waals surface area (Å²) in [7, 11) is 4.66. The van der Waals surface area contributed by atoms with Gasteiger partial charge in [-0.15, -0.1) is 0 Å². The van der Waals surface area contributed by atoms with Crippen LogP contribution in [0.4, 0.5) is 0 Å². The molecule has 0 bridgehead atoms. The molecule has 0 spiro atoms. The second-order valence-corrected chi connectivity index (χ2v) is 4.56. The van der Waals surface area contributed by atoms with Gasteiger partial charge in [-0.25, -0.2) is 0 Å². The van der Waals surface area contributed by atoms with E-state index in [-0.39, 0.29) is 6.61 Å². The van der Waals surface area contributed by atoms with Crippen LogP contribution < -0.4 is 18.9 Å². The summed E-state index contributed by atoms with van der Waals surface area (Å²) in [4.78, 5) is 0. The maximum absolute atomic E-state index is 10.4. The summed E-state index contributed by atoms with van der Waals surface area (Å²) in [5, 5.41) is 10.4. The fourth-order valence-electron chi connectivity index (χ4n) is 2.17. The predicted molar refractivity (Wildman–Crippen MR) is 83.0 cm³/mol. The molecule has 1 atom stereocenters. The number of hydrogen-bond acceptors (Lipinski definition) is 5. The van der Waals surface area contributed by atoms with Gasteiger partial charge in [-0.05, 0) is 18.2 Å². The van der Waals surface area contributed by atoms with Crippen LogP contribution >= 0.6 is 0 Å². The summed E-state index contributed by atoms with van der Waals surface area (Å²) in [5.74, 6) is 2.26. The molecule has 0 saturated heterocycles. The first-order valence-corrected chi connectivity index (χ1v) is 6.86. The third-order valence-corrected chi connectivity index (χ3v) is 3.26. The van der Waals surface area contributed by atoms with Crippen molar-refractivity contribution in [2.45, 2.75) is 6.10 Å². The van der Waals surface area contributed by atoms with E-state index in [2.05, 4.69) is 0 Å². The molecule has 1 N–H and O–H groups in total. The molecule has 0 aliphatic carbocycles. The third-order valence-electron chi connectivity index (χ3n) is 3.26. The molecule has 0 saturated carbocycles. The smallest absolute Gasteiger partial charge is 0.166 e. The monoisotopic (exact) mass is 304 g/mol. The van der Waals surface area contributed by atoms with Crippen molar-refractivity contribution in [3.63, 3.8) is 0 Å². The van der Waals surface area contributed by atoms with Gasteiger partial charge in [-0.1, -0.05) is 24.3 Å². The van der Waals surface area contributed by atoms with E-state index in [0.717, 1.165) is 0 Å². The largest absolute Gasteiger partial charge is 0.493 e.